The third-order valence-corrected chi connectivity index (χ3v) is 6.06. The highest BCUT2D eigenvalue weighted by molar-refractivity contribution is 7.99. The Hall–Kier alpha value is -0.710. The number of halogens is 1. The molecule has 1 heterocycles. The minimum atomic E-state index is 0.186. The Labute approximate surface area is 155 Å². The first-order chi connectivity index (χ1) is 11.5. The largest absolute Gasteiger partial charge is 0.353 e. The topological polar surface area (TPSA) is 32.3 Å². The van der Waals surface area contributed by atoms with E-state index in [9.17, 15) is 4.79 Å². The zero-order valence-electron chi connectivity index (χ0n) is 14.9. The molecule has 0 spiro atoms. The van der Waals surface area contributed by atoms with Gasteiger partial charge in [-0.3, -0.25) is 4.79 Å². The molecule has 1 atom stereocenters. The van der Waals surface area contributed by atoms with Crippen LogP contribution in [0.1, 0.15) is 33.6 Å². The molecule has 1 aliphatic rings. The van der Waals surface area contributed by atoms with Gasteiger partial charge in [0, 0.05) is 34.2 Å². The lowest BCUT2D eigenvalue weighted by Gasteiger charge is -2.32. The first kappa shape index (κ1) is 19.6. The highest BCUT2D eigenvalue weighted by atomic mass is 35.5. The van der Waals surface area contributed by atoms with E-state index in [1.165, 1.54) is 4.90 Å². The summed E-state index contributed by atoms with van der Waals surface area (Å²) >= 11 is 7.77. The number of carbonyl (C=O) groups is 1. The molecule has 1 aromatic rings. The SMILES string of the molecule is CC(C)C(C)NC(=O)C1CCN(CCSc2ccc(Cl)cc2)CC1. The normalized spacial score (nSPS) is 17.9. The van der Waals surface area contributed by atoms with Crippen LogP contribution in [-0.4, -0.2) is 42.2 Å². The smallest absolute Gasteiger partial charge is 0.223 e. The molecule has 1 aliphatic heterocycles. The summed E-state index contributed by atoms with van der Waals surface area (Å²) in [6, 6.07) is 8.27. The maximum absolute atomic E-state index is 12.3. The molecule has 0 radical (unpaired) electrons. The van der Waals surface area contributed by atoms with Crippen LogP contribution in [0.5, 0.6) is 0 Å². The van der Waals surface area contributed by atoms with E-state index in [2.05, 4.69) is 43.1 Å². The fourth-order valence-electron chi connectivity index (χ4n) is 2.75. The second-order valence-electron chi connectivity index (χ2n) is 6.96. The van der Waals surface area contributed by atoms with Crippen molar-refractivity contribution in [1.29, 1.82) is 0 Å². The number of hydrogen-bond donors (Lipinski definition) is 1. The lowest BCUT2D eigenvalue weighted by Crippen LogP contribution is -2.44. The minimum Gasteiger partial charge on any atom is -0.353 e. The molecule has 2 rings (SSSR count). The van der Waals surface area contributed by atoms with Gasteiger partial charge in [-0.25, -0.2) is 0 Å². The van der Waals surface area contributed by atoms with Crippen molar-refractivity contribution >= 4 is 29.3 Å². The summed E-state index contributed by atoms with van der Waals surface area (Å²) in [5, 5.41) is 3.94. The maximum atomic E-state index is 12.3. The van der Waals surface area contributed by atoms with Crippen molar-refractivity contribution in [3.63, 3.8) is 0 Å². The van der Waals surface area contributed by atoms with E-state index in [1.807, 2.05) is 23.9 Å². The number of nitrogens with zero attached hydrogens (tertiary/aromatic N) is 1. The van der Waals surface area contributed by atoms with Crippen LogP contribution in [0.4, 0.5) is 0 Å². The number of rotatable bonds is 7. The average molecular weight is 369 g/mol. The highest BCUT2D eigenvalue weighted by Gasteiger charge is 2.25. The molecule has 0 aromatic heterocycles. The molecule has 0 saturated carbocycles. The molecule has 5 heteroatoms. The number of piperidine rings is 1. The Bertz CT molecular complexity index is 513. The van der Waals surface area contributed by atoms with E-state index in [0.29, 0.717) is 5.92 Å². The summed E-state index contributed by atoms with van der Waals surface area (Å²) in [5.74, 6) is 1.99. The van der Waals surface area contributed by atoms with Gasteiger partial charge in [-0.05, 0) is 63.0 Å². The Morgan fingerprint density at radius 1 is 1.25 bits per heavy atom. The number of carbonyl (C=O) groups excluding carboxylic acids is 1. The van der Waals surface area contributed by atoms with Crippen LogP contribution in [0, 0.1) is 11.8 Å². The number of nitrogens with one attached hydrogen (secondary N) is 1. The molecule has 1 N–H and O–H groups in total. The lowest BCUT2D eigenvalue weighted by atomic mass is 9.95. The molecule has 0 bridgehead atoms. The van der Waals surface area contributed by atoms with Crippen molar-refractivity contribution in [2.24, 2.45) is 11.8 Å². The Morgan fingerprint density at radius 2 is 1.88 bits per heavy atom. The van der Waals surface area contributed by atoms with Crippen molar-refractivity contribution in [1.82, 2.24) is 10.2 Å². The first-order valence-electron chi connectivity index (χ1n) is 8.87. The molecular formula is C19H29ClN2OS. The van der Waals surface area contributed by atoms with Crippen LogP contribution < -0.4 is 5.32 Å². The van der Waals surface area contributed by atoms with Crippen molar-refractivity contribution in [2.45, 2.75) is 44.6 Å². The van der Waals surface area contributed by atoms with Crippen LogP contribution in [0.25, 0.3) is 0 Å². The third-order valence-electron chi connectivity index (χ3n) is 4.82. The van der Waals surface area contributed by atoms with Gasteiger partial charge < -0.3 is 10.2 Å². The fourth-order valence-corrected chi connectivity index (χ4v) is 3.79. The molecule has 24 heavy (non-hydrogen) atoms. The predicted molar refractivity (Wildman–Crippen MR) is 104 cm³/mol. The van der Waals surface area contributed by atoms with Crippen molar-refractivity contribution in [3.8, 4) is 0 Å². The van der Waals surface area contributed by atoms with Crippen molar-refractivity contribution < 1.29 is 4.79 Å². The van der Waals surface area contributed by atoms with Crippen molar-refractivity contribution in [2.75, 3.05) is 25.4 Å². The molecule has 1 aromatic carbocycles. The minimum absolute atomic E-state index is 0.186. The van der Waals surface area contributed by atoms with Gasteiger partial charge in [-0.15, -0.1) is 11.8 Å². The molecule has 3 nitrogen and oxygen atoms in total. The number of amides is 1. The Balaban J connectivity index is 1.65. The fraction of sp³-hybridized carbons (Fsp3) is 0.632. The van der Waals surface area contributed by atoms with Crippen LogP contribution in [0.3, 0.4) is 0 Å². The van der Waals surface area contributed by atoms with E-state index >= 15 is 0 Å². The Morgan fingerprint density at radius 3 is 2.46 bits per heavy atom. The van der Waals surface area contributed by atoms with E-state index < -0.39 is 0 Å². The van der Waals surface area contributed by atoms with E-state index in [4.69, 9.17) is 11.6 Å². The maximum Gasteiger partial charge on any atom is 0.223 e. The second-order valence-corrected chi connectivity index (χ2v) is 8.56. The van der Waals surface area contributed by atoms with Gasteiger partial charge in [0.25, 0.3) is 0 Å². The molecule has 134 valence electrons. The lowest BCUT2D eigenvalue weighted by molar-refractivity contribution is -0.127. The van der Waals surface area contributed by atoms with Crippen LogP contribution in [0.2, 0.25) is 5.02 Å². The average Bonchev–Trinajstić information content (AvgIpc) is 2.57. The van der Waals surface area contributed by atoms with Crippen LogP contribution >= 0.6 is 23.4 Å². The van der Waals surface area contributed by atoms with E-state index in [0.717, 1.165) is 43.3 Å². The first-order valence-corrected chi connectivity index (χ1v) is 10.2. The molecular weight excluding hydrogens is 340 g/mol. The predicted octanol–water partition coefficient (Wildman–Crippen LogP) is 4.30. The number of hydrogen-bond acceptors (Lipinski definition) is 3. The molecule has 0 aliphatic carbocycles. The number of benzene rings is 1. The number of likely N-dealkylation sites (tertiary alicyclic amines) is 1. The molecule has 1 unspecified atom stereocenters. The van der Waals surface area contributed by atoms with E-state index in [-0.39, 0.29) is 17.9 Å². The summed E-state index contributed by atoms with van der Waals surface area (Å²) < 4.78 is 0. The van der Waals surface area contributed by atoms with Gasteiger partial charge in [0.1, 0.15) is 0 Å². The van der Waals surface area contributed by atoms with E-state index in [1.54, 1.807) is 0 Å². The Kier molecular flexibility index (Phi) is 7.92. The van der Waals surface area contributed by atoms with Crippen LogP contribution in [0.15, 0.2) is 29.2 Å². The van der Waals surface area contributed by atoms with Gasteiger partial charge in [0.05, 0.1) is 0 Å². The summed E-state index contributed by atoms with van der Waals surface area (Å²) in [6.45, 7) is 9.50. The monoisotopic (exact) mass is 368 g/mol. The van der Waals surface area contributed by atoms with Crippen molar-refractivity contribution in [3.05, 3.63) is 29.3 Å². The van der Waals surface area contributed by atoms with Gasteiger partial charge in [0.2, 0.25) is 5.91 Å². The summed E-state index contributed by atoms with van der Waals surface area (Å²) in [6.07, 6.45) is 1.95. The second kappa shape index (κ2) is 9.69. The number of thioether (sulfide) groups is 1. The third kappa shape index (κ3) is 6.30. The van der Waals surface area contributed by atoms with Gasteiger partial charge in [0.15, 0.2) is 0 Å². The zero-order chi connectivity index (χ0) is 17.5. The summed E-state index contributed by atoms with van der Waals surface area (Å²) in [7, 11) is 0. The highest BCUT2D eigenvalue weighted by Crippen LogP contribution is 2.22. The summed E-state index contributed by atoms with van der Waals surface area (Å²) in [5.41, 5.74) is 0. The summed E-state index contributed by atoms with van der Waals surface area (Å²) in [4.78, 5) is 16.0. The quantitative estimate of drug-likeness (QED) is 0.728. The molecule has 1 amide bonds. The molecule has 1 saturated heterocycles. The van der Waals surface area contributed by atoms with Crippen LogP contribution in [-0.2, 0) is 4.79 Å². The standard InChI is InChI=1S/C19H29ClN2OS/c1-14(2)15(3)21-19(23)16-8-10-22(11-9-16)12-13-24-18-6-4-17(20)5-7-18/h4-7,14-16H,8-13H2,1-3H3,(H,21,23). The molecule has 1 fully saturated rings. The van der Waals surface area contributed by atoms with Gasteiger partial charge >= 0.3 is 0 Å². The van der Waals surface area contributed by atoms with Gasteiger partial charge in [-0.1, -0.05) is 25.4 Å². The van der Waals surface area contributed by atoms with Gasteiger partial charge in [-0.2, -0.15) is 0 Å². The zero-order valence-corrected chi connectivity index (χ0v) is 16.5.